The largest absolute Gasteiger partial charge is 0.503 e. The zero-order valence-electron chi connectivity index (χ0n) is 20.6. The summed E-state index contributed by atoms with van der Waals surface area (Å²) in [6, 6.07) is 5.53. The molecule has 1 aliphatic heterocycles. The molecule has 2 aromatic heterocycles. The van der Waals surface area contributed by atoms with Crippen molar-refractivity contribution in [2.24, 2.45) is 7.05 Å². The summed E-state index contributed by atoms with van der Waals surface area (Å²) >= 11 is 0.701. The fraction of sp³-hybridized carbons (Fsp3) is 0.200. The van der Waals surface area contributed by atoms with Crippen LogP contribution in [0.1, 0.15) is 34.1 Å². The van der Waals surface area contributed by atoms with Gasteiger partial charge in [-0.1, -0.05) is 47.2 Å². The third kappa shape index (κ3) is 4.46. The number of amides is 1. The number of ketones is 1. The summed E-state index contributed by atoms with van der Waals surface area (Å²) in [6.45, 7) is 1.86. The lowest BCUT2D eigenvalue weighted by Crippen LogP contribution is -2.32. The van der Waals surface area contributed by atoms with Gasteiger partial charge >= 0.3 is 0 Å². The maximum atomic E-state index is 13.6. The van der Waals surface area contributed by atoms with Crippen LogP contribution >= 0.6 is 11.3 Å². The second kappa shape index (κ2) is 9.71. The second-order valence-electron chi connectivity index (χ2n) is 8.99. The van der Waals surface area contributed by atoms with E-state index in [1.807, 2.05) is 6.92 Å². The Hall–Kier alpha value is -4.43. The lowest BCUT2D eigenvalue weighted by Gasteiger charge is -2.24. The Bertz CT molecular complexity index is 1710. The van der Waals surface area contributed by atoms with Gasteiger partial charge in [0.15, 0.2) is 26.5 Å². The van der Waals surface area contributed by atoms with Gasteiger partial charge in [0.2, 0.25) is 0 Å². The molecule has 2 aliphatic rings. The summed E-state index contributed by atoms with van der Waals surface area (Å²) in [6.07, 6.45) is 7.54. The van der Waals surface area contributed by atoms with Gasteiger partial charge in [-0.25, -0.2) is 18.4 Å². The molecular formula is C25H21N5O7S2. The second-order valence-corrected chi connectivity index (χ2v) is 12.4. The number of aliphatic hydroxyl groups excluding tert-OH is 1. The summed E-state index contributed by atoms with van der Waals surface area (Å²) in [7, 11) is -2.34. The molecule has 0 spiro atoms. The van der Waals surface area contributed by atoms with Gasteiger partial charge in [-0.2, -0.15) is 0 Å². The highest BCUT2D eigenvalue weighted by molar-refractivity contribution is 7.94. The van der Waals surface area contributed by atoms with Gasteiger partial charge in [0.1, 0.15) is 10.3 Å². The molecule has 14 heteroatoms. The van der Waals surface area contributed by atoms with Gasteiger partial charge in [0.25, 0.3) is 11.6 Å². The number of sulfone groups is 1. The first-order valence-electron chi connectivity index (χ1n) is 11.6. The van der Waals surface area contributed by atoms with Gasteiger partial charge in [-0.3, -0.25) is 24.6 Å². The molecule has 5 rings (SSSR count). The summed E-state index contributed by atoms with van der Waals surface area (Å²) in [5, 5.41) is 20.8. The minimum atomic E-state index is -4.00. The molecule has 1 amide bonds. The Morgan fingerprint density at radius 1 is 1.23 bits per heavy atom. The van der Waals surface area contributed by atoms with Crippen molar-refractivity contribution in [2.75, 3.05) is 4.90 Å². The molecule has 2 atom stereocenters. The minimum absolute atomic E-state index is 0.0515. The lowest BCUT2D eigenvalue weighted by atomic mass is 9.95. The maximum Gasteiger partial charge on any atom is 0.296 e. The van der Waals surface area contributed by atoms with Crippen molar-refractivity contribution in [1.82, 2.24) is 14.5 Å². The monoisotopic (exact) mass is 567 g/mol. The number of nitrogens with zero attached hydrogens (tertiary/aromatic N) is 5. The molecule has 3 heterocycles. The highest BCUT2D eigenvalue weighted by atomic mass is 32.2. The molecule has 1 aliphatic carbocycles. The van der Waals surface area contributed by atoms with E-state index in [0.717, 1.165) is 22.7 Å². The number of anilines is 1. The number of Topliss-reactive ketones (excluding diaryl/α,β-unsaturated/α-hetero) is 1. The standard InChI is InChI=1S/C25H21N5O7S2/c1-14-3-5-15(6-4-14)22(31)20-21(18-11-26-13-28(18)2)29(24(33)23(20)32)25-27-12-19(38-25)39(36,37)17-9-7-16(8-10-17)30(34)35/h3-9,11-13,17,21,32H,10H2,1-2H3. The average molecular weight is 568 g/mol. The Morgan fingerprint density at radius 3 is 2.54 bits per heavy atom. The molecule has 2 unspecified atom stereocenters. The number of rotatable bonds is 7. The number of hydrogen-bond acceptors (Lipinski definition) is 10. The van der Waals surface area contributed by atoms with E-state index in [1.165, 1.54) is 24.7 Å². The highest BCUT2D eigenvalue weighted by Gasteiger charge is 2.47. The van der Waals surface area contributed by atoms with E-state index < -0.39 is 43.5 Å². The quantitative estimate of drug-likeness (QED) is 0.256. The molecule has 0 bridgehead atoms. The third-order valence-corrected chi connectivity index (χ3v) is 10.1. The normalized spacial score (nSPS) is 19.5. The van der Waals surface area contributed by atoms with Gasteiger partial charge in [-0.05, 0) is 19.4 Å². The zero-order valence-corrected chi connectivity index (χ0v) is 22.2. The van der Waals surface area contributed by atoms with Crippen LogP contribution in [-0.2, 0) is 21.7 Å². The summed E-state index contributed by atoms with van der Waals surface area (Å²) < 4.78 is 28.0. The summed E-state index contributed by atoms with van der Waals surface area (Å²) in [4.78, 5) is 46.6. The van der Waals surface area contributed by atoms with E-state index in [4.69, 9.17) is 0 Å². The number of aliphatic hydroxyl groups is 1. The summed E-state index contributed by atoms with van der Waals surface area (Å²) in [5.41, 5.74) is 1.21. The topological polar surface area (TPSA) is 166 Å². The van der Waals surface area contributed by atoms with Crippen LogP contribution in [0, 0.1) is 17.0 Å². The Balaban J connectivity index is 1.53. The number of imidazole rings is 1. The van der Waals surface area contributed by atoms with Crippen LogP contribution < -0.4 is 4.90 Å². The number of hydrogen-bond donors (Lipinski definition) is 1. The fourth-order valence-corrected chi connectivity index (χ4v) is 7.27. The summed E-state index contributed by atoms with van der Waals surface area (Å²) in [5.74, 6) is -2.25. The molecule has 0 saturated heterocycles. The van der Waals surface area contributed by atoms with Crippen molar-refractivity contribution < 1.29 is 28.0 Å². The predicted octanol–water partition coefficient (Wildman–Crippen LogP) is 3.23. The molecule has 0 radical (unpaired) electrons. The lowest BCUT2D eigenvalue weighted by molar-refractivity contribution is -0.419. The van der Waals surface area contributed by atoms with Crippen LogP contribution in [0.4, 0.5) is 5.13 Å². The van der Waals surface area contributed by atoms with Crippen molar-refractivity contribution in [3.63, 3.8) is 0 Å². The number of carbonyl (C=O) groups excluding carboxylic acids is 2. The van der Waals surface area contributed by atoms with Crippen molar-refractivity contribution in [3.8, 4) is 0 Å². The molecular weight excluding hydrogens is 546 g/mol. The van der Waals surface area contributed by atoms with E-state index in [-0.39, 0.29) is 32.6 Å². The number of thiazole rings is 1. The van der Waals surface area contributed by atoms with Crippen molar-refractivity contribution in [1.29, 1.82) is 0 Å². The van der Waals surface area contributed by atoms with Crippen LogP contribution in [0.5, 0.6) is 0 Å². The van der Waals surface area contributed by atoms with E-state index in [2.05, 4.69) is 9.97 Å². The number of carbonyl (C=O) groups is 2. The van der Waals surface area contributed by atoms with Crippen LogP contribution in [0.25, 0.3) is 0 Å². The van der Waals surface area contributed by atoms with E-state index in [0.29, 0.717) is 17.0 Å². The molecule has 200 valence electrons. The van der Waals surface area contributed by atoms with Crippen LogP contribution in [0.3, 0.4) is 0 Å². The SMILES string of the molecule is Cc1ccc(C(=O)C2=C(O)C(=O)N(c3ncc(S(=O)(=O)C4C=CC([N+](=O)[O-])=CC4)s3)C2c2cncn2C)cc1. The van der Waals surface area contributed by atoms with E-state index >= 15 is 0 Å². The van der Waals surface area contributed by atoms with Gasteiger partial charge in [0, 0.05) is 18.7 Å². The molecule has 0 saturated carbocycles. The van der Waals surface area contributed by atoms with Crippen LogP contribution in [-0.4, -0.2) is 49.9 Å². The molecule has 0 fully saturated rings. The minimum Gasteiger partial charge on any atom is -0.503 e. The number of nitro groups is 1. The Labute approximate surface area is 226 Å². The maximum absolute atomic E-state index is 13.6. The Morgan fingerprint density at radius 2 is 1.95 bits per heavy atom. The average Bonchev–Trinajstić information content (AvgIpc) is 3.63. The molecule has 1 N–H and O–H groups in total. The number of benzene rings is 1. The third-order valence-electron chi connectivity index (χ3n) is 6.51. The van der Waals surface area contributed by atoms with Crippen molar-refractivity contribution in [3.05, 3.63) is 105 Å². The molecule has 1 aromatic carbocycles. The van der Waals surface area contributed by atoms with E-state index in [1.54, 1.807) is 35.9 Å². The van der Waals surface area contributed by atoms with Crippen LogP contribution in [0.2, 0.25) is 0 Å². The predicted molar refractivity (Wildman–Crippen MR) is 141 cm³/mol. The molecule has 39 heavy (non-hydrogen) atoms. The van der Waals surface area contributed by atoms with Gasteiger partial charge < -0.3 is 9.67 Å². The first-order chi connectivity index (χ1) is 18.5. The molecule has 12 nitrogen and oxygen atoms in total. The zero-order chi connectivity index (χ0) is 28.1. The van der Waals surface area contributed by atoms with Gasteiger partial charge in [0.05, 0.1) is 40.2 Å². The first kappa shape index (κ1) is 26.2. The molecule has 3 aromatic rings. The van der Waals surface area contributed by atoms with E-state index in [9.17, 15) is 33.2 Å². The number of aromatic nitrogens is 3. The van der Waals surface area contributed by atoms with Crippen LogP contribution in [0.15, 0.2) is 82.5 Å². The smallest absolute Gasteiger partial charge is 0.296 e. The highest BCUT2D eigenvalue weighted by Crippen LogP contribution is 2.44. The Kier molecular flexibility index (Phi) is 6.52. The number of aryl methyl sites for hydroxylation is 2. The van der Waals surface area contributed by atoms with Crippen molar-refractivity contribution in [2.45, 2.75) is 28.8 Å². The fourth-order valence-electron chi connectivity index (χ4n) is 4.40. The first-order valence-corrected chi connectivity index (χ1v) is 13.9. The van der Waals surface area contributed by atoms with Gasteiger partial charge in [-0.15, -0.1) is 0 Å². The number of allylic oxidation sites excluding steroid dienone is 2. The van der Waals surface area contributed by atoms with Crippen molar-refractivity contribution >= 4 is 38.0 Å².